The van der Waals surface area contributed by atoms with Crippen LogP contribution < -0.4 is 19.3 Å². The number of imide groups is 2. The number of anilines is 2. The number of ether oxygens (including phenoxy) is 2. The summed E-state index contributed by atoms with van der Waals surface area (Å²) >= 11 is 6.13. The summed E-state index contributed by atoms with van der Waals surface area (Å²) in [6, 6.07) is 27.1. The van der Waals surface area contributed by atoms with E-state index in [0.29, 0.717) is 39.9 Å². The summed E-state index contributed by atoms with van der Waals surface area (Å²) in [4.78, 5) is 43.1. The number of hydrogen-bond acceptors (Lipinski definition) is 5. The van der Waals surface area contributed by atoms with E-state index in [1.807, 2.05) is 18.2 Å². The zero-order valence-electron chi connectivity index (χ0n) is 22.8. The average molecular weight is 579 g/mol. The van der Waals surface area contributed by atoms with Gasteiger partial charge in [-0.15, -0.1) is 6.58 Å². The second-order valence-electron chi connectivity index (χ2n) is 9.42. The Morgan fingerprint density at radius 1 is 0.810 bits per heavy atom. The molecular weight excluding hydrogens is 552 g/mol. The fourth-order valence-electron chi connectivity index (χ4n) is 4.68. The molecule has 210 valence electrons. The van der Waals surface area contributed by atoms with Gasteiger partial charge in [0.2, 0.25) is 0 Å². The maximum absolute atomic E-state index is 13.8. The Bertz CT molecular complexity index is 1620. The van der Waals surface area contributed by atoms with Gasteiger partial charge in [0.05, 0.1) is 18.5 Å². The van der Waals surface area contributed by atoms with Gasteiger partial charge in [-0.1, -0.05) is 66.2 Å². The van der Waals surface area contributed by atoms with Crippen LogP contribution in [0, 0.1) is 0 Å². The minimum absolute atomic E-state index is 0.179. The number of rotatable bonds is 9. The molecule has 1 saturated heterocycles. The largest absolute Gasteiger partial charge is 0.493 e. The molecule has 0 bridgehead atoms. The van der Waals surface area contributed by atoms with Crippen LogP contribution in [0.2, 0.25) is 5.02 Å². The van der Waals surface area contributed by atoms with E-state index in [2.05, 4.69) is 6.58 Å². The smallest absolute Gasteiger partial charge is 0.343 e. The van der Waals surface area contributed by atoms with Gasteiger partial charge in [0, 0.05) is 10.6 Å². The SMILES string of the molecule is C=CCc1cc(C=C2C(=O)N(c3ccccc3)C(=O)N(c3ccccc3)C2=O)cc(OC)c1OCc1cccc(Cl)c1. The quantitative estimate of drug-likeness (QED) is 0.119. The summed E-state index contributed by atoms with van der Waals surface area (Å²) in [5.74, 6) is -0.537. The average Bonchev–Trinajstić information content (AvgIpc) is 3.00. The Morgan fingerprint density at radius 2 is 1.43 bits per heavy atom. The third-order valence-electron chi connectivity index (χ3n) is 6.60. The number of para-hydroxylation sites is 2. The Labute approximate surface area is 248 Å². The van der Waals surface area contributed by atoms with Crippen molar-refractivity contribution in [1.29, 1.82) is 0 Å². The number of carbonyl (C=O) groups excluding carboxylic acids is 3. The van der Waals surface area contributed by atoms with Crippen LogP contribution in [0.3, 0.4) is 0 Å². The van der Waals surface area contributed by atoms with Gasteiger partial charge in [-0.3, -0.25) is 9.59 Å². The van der Waals surface area contributed by atoms with Crippen molar-refractivity contribution in [3.63, 3.8) is 0 Å². The van der Waals surface area contributed by atoms with E-state index in [0.717, 1.165) is 20.9 Å². The summed E-state index contributed by atoms with van der Waals surface area (Å²) < 4.78 is 11.8. The molecule has 0 spiro atoms. The van der Waals surface area contributed by atoms with Crippen LogP contribution in [0.1, 0.15) is 16.7 Å². The van der Waals surface area contributed by atoms with Crippen LogP contribution in [0.4, 0.5) is 16.2 Å². The number of carbonyl (C=O) groups is 3. The van der Waals surface area contributed by atoms with Gasteiger partial charge in [0.25, 0.3) is 11.8 Å². The highest BCUT2D eigenvalue weighted by Crippen LogP contribution is 2.36. The summed E-state index contributed by atoms with van der Waals surface area (Å²) in [6.45, 7) is 4.11. The Morgan fingerprint density at radius 3 is 1.98 bits per heavy atom. The molecule has 7 nitrogen and oxygen atoms in total. The molecule has 42 heavy (non-hydrogen) atoms. The molecule has 1 aliphatic heterocycles. The molecule has 0 saturated carbocycles. The number of methoxy groups -OCH3 is 1. The predicted molar refractivity (Wildman–Crippen MR) is 164 cm³/mol. The molecule has 1 heterocycles. The van der Waals surface area contributed by atoms with E-state index >= 15 is 0 Å². The molecule has 0 atom stereocenters. The molecule has 8 heteroatoms. The summed E-state index contributed by atoms with van der Waals surface area (Å²) in [7, 11) is 1.51. The molecule has 0 N–H and O–H groups in total. The van der Waals surface area contributed by atoms with E-state index in [4.69, 9.17) is 21.1 Å². The van der Waals surface area contributed by atoms with Crippen molar-refractivity contribution in [3.8, 4) is 11.5 Å². The first-order valence-corrected chi connectivity index (χ1v) is 13.5. The van der Waals surface area contributed by atoms with Gasteiger partial charge in [-0.05, 0) is 72.2 Å². The Balaban J connectivity index is 1.58. The van der Waals surface area contributed by atoms with Gasteiger partial charge < -0.3 is 9.47 Å². The lowest BCUT2D eigenvalue weighted by Crippen LogP contribution is -2.57. The topological polar surface area (TPSA) is 76.2 Å². The zero-order chi connectivity index (χ0) is 29.6. The van der Waals surface area contributed by atoms with E-state index in [1.165, 1.54) is 13.2 Å². The molecule has 0 aromatic heterocycles. The van der Waals surface area contributed by atoms with E-state index in [9.17, 15) is 14.4 Å². The normalized spacial score (nSPS) is 13.3. The maximum Gasteiger partial charge on any atom is 0.343 e. The van der Waals surface area contributed by atoms with Crippen molar-refractivity contribution in [1.82, 2.24) is 0 Å². The number of urea groups is 1. The predicted octanol–water partition coefficient (Wildman–Crippen LogP) is 7.24. The Kier molecular flexibility index (Phi) is 8.50. The molecule has 4 amide bonds. The number of allylic oxidation sites excluding steroid dienone is 1. The third-order valence-corrected chi connectivity index (χ3v) is 6.83. The molecule has 4 aromatic carbocycles. The highest BCUT2D eigenvalue weighted by molar-refractivity contribution is 6.46. The lowest BCUT2D eigenvalue weighted by Gasteiger charge is -2.34. The monoisotopic (exact) mass is 578 g/mol. The van der Waals surface area contributed by atoms with Gasteiger partial charge >= 0.3 is 6.03 Å². The highest BCUT2D eigenvalue weighted by atomic mass is 35.5. The molecule has 1 fully saturated rings. The fraction of sp³-hybridized carbons (Fsp3) is 0.0882. The fourth-order valence-corrected chi connectivity index (χ4v) is 4.89. The van der Waals surface area contributed by atoms with Crippen LogP contribution in [0.15, 0.2) is 115 Å². The summed E-state index contributed by atoms with van der Waals surface area (Å²) in [5, 5.41) is 0.603. The van der Waals surface area contributed by atoms with Crippen molar-refractivity contribution in [3.05, 3.63) is 137 Å². The van der Waals surface area contributed by atoms with Gasteiger partial charge in [0.1, 0.15) is 12.2 Å². The lowest BCUT2D eigenvalue weighted by atomic mass is 10.0. The van der Waals surface area contributed by atoms with Crippen molar-refractivity contribution in [2.75, 3.05) is 16.9 Å². The first-order chi connectivity index (χ1) is 20.4. The third kappa shape index (κ3) is 5.82. The zero-order valence-corrected chi connectivity index (χ0v) is 23.6. The van der Waals surface area contributed by atoms with Crippen molar-refractivity contribution in [2.24, 2.45) is 0 Å². The highest BCUT2D eigenvalue weighted by Gasteiger charge is 2.43. The molecular formula is C34H27ClN2O5. The lowest BCUT2D eigenvalue weighted by molar-refractivity contribution is -0.121. The summed E-state index contributed by atoms with van der Waals surface area (Å²) in [6.07, 6.45) is 3.63. The minimum atomic E-state index is -0.755. The number of amides is 4. The number of hydrogen-bond donors (Lipinski definition) is 0. The van der Waals surface area contributed by atoms with Crippen molar-refractivity contribution < 1.29 is 23.9 Å². The van der Waals surface area contributed by atoms with Gasteiger partial charge in [0.15, 0.2) is 11.5 Å². The Hall–Kier alpha value is -5.14. The molecule has 0 radical (unpaired) electrons. The first-order valence-electron chi connectivity index (χ1n) is 13.1. The number of nitrogens with zero attached hydrogens (tertiary/aromatic N) is 2. The molecule has 5 rings (SSSR count). The molecule has 4 aromatic rings. The number of halogens is 1. The maximum atomic E-state index is 13.8. The van der Waals surface area contributed by atoms with Crippen LogP contribution in [0.5, 0.6) is 11.5 Å². The van der Waals surface area contributed by atoms with Crippen molar-refractivity contribution >= 4 is 46.9 Å². The van der Waals surface area contributed by atoms with Gasteiger partial charge in [-0.2, -0.15) is 0 Å². The summed E-state index contributed by atoms with van der Waals surface area (Å²) in [5.41, 5.74) is 2.66. The van der Waals surface area contributed by atoms with Crippen LogP contribution in [0.25, 0.3) is 6.08 Å². The van der Waals surface area contributed by atoms with Crippen LogP contribution in [-0.4, -0.2) is 25.0 Å². The minimum Gasteiger partial charge on any atom is -0.493 e. The van der Waals surface area contributed by atoms with E-state index < -0.39 is 17.8 Å². The van der Waals surface area contributed by atoms with Gasteiger partial charge in [-0.25, -0.2) is 14.6 Å². The second-order valence-corrected chi connectivity index (χ2v) is 9.85. The van der Waals surface area contributed by atoms with Crippen molar-refractivity contribution in [2.45, 2.75) is 13.0 Å². The number of barbiturate groups is 1. The van der Waals surface area contributed by atoms with E-state index in [-0.39, 0.29) is 12.2 Å². The van der Waals surface area contributed by atoms with Crippen LogP contribution >= 0.6 is 11.6 Å². The standard InChI is InChI=1S/C34H27ClN2O5/c1-3-11-25-18-24(21-30(41-2)31(25)42-22-23-12-10-13-26(35)19-23)20-29-32(38)36(27-14-6-4-7-15-27)34(40)37(33(29)39)28-16-8-5-9-17-28/h3-10,12-21H,1,11,22H2,2H3. The first kappa shape index (κ1) is 28.4. The molecule has 0 unspecified atom stereocenters. The molecule has 1 aliphatic rings. The second kappa shape index (κ2) is 12.6. The number of benzene rings is 4. The molecule has 0 aliphatic carbocycles. The van der Waals surface area contributed by atoms with E-state index in [1.54, 1.807) is 84.9 Å². The van der Waals surface area contributed by atoms with Crippen LogP contribution in [-0.2, 0) is 22.6 Å².